The van der Waals surface area contributed by atoms with Crippen molar-refractivity contribution < 1.29 is 4.79 Å². The molecule has 0 aromatic heterocycles. The Labute approximate surface area is 97.2 Å². The van der Waals surface area contributed by atoms with Gasteiger partial charge in [0, 0.05) is 11.0 Å². The van der Waals surface area contributed by atoms with Crippen LogP contribution in [0.5, 0.6) is 0 Å². The van der Waals surface area contributed by atoms with Crippen molar-refractivity contribution >= 4 is 27.5 Å². The second-order valence-electron chi connectivity index (χ2n) is 3.70. The number of carbonyl (C=O) groups excluding carboxylic acids is 1. The standard InChI is InChI=1S/C11H13BrN2O/c1-2-7-8-3-6(5-13)4-9(12)10(8)14-11(7)15/h3-4,7H,2,5,13H2,1H3,(H,14,15). The van der Waals surface area contributed by atoms with Gasteiger partial charge in [0.05, 0.1) is 11.6 Å². The minimum absolute atomic E-state index is 0.0252. The Morgan fingerprint density at radius 2 is 2.27 bits per heavy atom. The minimum Gasteiger partial charge on any atom is -0.326 e. The van der Waals surface area contributed by atoms with Gasteiger partial charge in [-0.15, -0.1) is 0 Å². The molecule has 1 aromatic carbocycles. The normalized spacial score (nSPS) is 18.9. The topological polar surface area (TPSA) is 55.1 Å². The largest absolute Gasteiger partial charge is 0.326 e. The fourth-order valence-corrected chi connectivity index (χ4v) is 2.59. The molecule has 0 fully saturated rings. The maximum Gasteiger partial charge on any atom is 0.232 e. The number of amides is 1. The molecule has 0 aliphatic carbocycles. The fraction of sp³-hybridized carbons (Fsp3) is 0.364. The average molecular weight is 269 g/mol. The van der Waals surface area contributed by atoms with E-state index in [9.17, 15) is 4.79 Å². The van der Waals surface area contributed by atoms with Crippen LogP contribution in [0.4, 0.5) is 5.69 Å². The van der Waals surface area contributed by atoms with Crippen LogP contribution in [0.1, 0.15) is 30.4 Å². The highest BCUT2D eigenvalue weighted by Gasteiger charge is 2.30. The molecule has 1 aromatic rings. The molecule has 1 aliphatic rings. The number of benzene rings is 1. The van der Waals surface area contributed by atoms with Crippen LogP contribution in [0, 0.1) is 0 Å². The van der Waals surface area contributed by atoms with Crippen LogP contribution in [-0.4, -0.2) is 5.91 Å². The lowest BCUT2D eigenvalue weighted by Gasteiger charge is -2.08. The van der Waals surface area contributed by atoms with Crippen molar-refractivity contribution in [1.82, 2.24) is 0 Å². The highest BCUT2D eigenvalue weighted by Crippen LogP contribution is 2.40. The Bertz CT molecular complexity index is 417. The molecule has 0 saturated heterocycles. The third kappa shape index (κ3) is 1.68. The molecule has 3 nitrogen and oxygen atoms in total. The zero-order valence-corrected chi connectivity index (χ0v) is 10.1. The van der Waals surface area contributed by atoms with Gasteiger partial charge in [-0.1, -0.05) is 13.0 Å². The van der Waals surface area contributed by atoms with Crippen molar-refractivity contribution in [3.8, 4) is 0 Å². The van der Waals surface area contributed by atoms with Crippen molar-refractivity contribution in [3.63, 3.8) is 0 Å². The summed E-state index contributed by atoms with van der Waals surface area (Å²) in [4.78, 5) is 11.7. The van der Waals surface area contributed by atoms with E-state index in [1.54, 1.807) is 0 Å². The van der Waals surface area contributed by atoms with E-state index in [-0.39, 0.29) is 11.8 Å². The van der Waals surface area contributed by atoms with Crippen molar-refractivity contribution in [2.75, 3.05) is 5.32 Å². The lowest BCUT2D eigenvalue weighted by molar-refractivity contribution is -0.117. The van der Waals surface area contributed by atoms with Gasteiger partial charge >= 0.3 is 0 Å². The number of hydrogen-bond donors (Lipinski definition) is 2. The van der Waals surface area contributed by atoms with Crippen LogP contribution in [0.15, 0.2) is 16.6 Å². The molecule has 0 radical (unpaired) electrons. The highest BCUT2D eigenvalue weighted by atomic mass is 79.9. The van der Waals surface area contributed by atoms with Gasteiger partial charge in [0.15, 0.2) is 0 Å². The molecule has 0 saturated carbocycles. The summed E-state index contributed by atoms with van der Waals surface area (Å²) in [5.41, 5.74) is 8.63. The lowest BCUT2D eigenvalue weighted by Crippen LogP contribution is -2.10. The lowest BCUT2D eigenvalue weighted by atomic mass is 9.96. The van der Waals surface area contributed by atoms with Crippen molar-refractivity contribution in [2.45, 2.75) is 25.8 Å². The van der Waals surface area contributed by atoms with Crippen LogP contribution < -0.4 is 11.1 Å². The molecular weight excluding hydrogens is 256 g/mol. The summed E-state index contributed by atoms with van der Waals surface area (Å²) in [6.07, 6.45) is 0.819. The summed E-state index contributed by atoms with van der Waals surface area (Å²) in [6.45, 7) is 2.51. The van der Waals surface area contributed by atoms with E-state index in [1.165, 1.54) is 0 Å². The zero-order chi connectivity index (χ0) is 11.0. The Balaban J connectivity index is 2.54. The summed E-state index contributed by atoms with van der Waals surface area (Å²) in [6, 6.07) is 3.98. The molecule has 2 rings (SSSR count). The second-order valence-corrected chi connectivity index (χ2v) is 4.55. The number of carbonyl (C=O) groups is 1. The fourth-order valence-electron chi connectivity index (χ4n) is 1.97. The van der Waals surface area contributed by atoms with E-state index in [4.69, 9.17) is 5.73 Å². The summed E-state index contributed by atoms with van der Waals surface area (Å²) in [5.74, 6) is 0.0603. The van der Waals surface area contributed by atoms with Crippen LogP contribution in [0.2, 0.25) is 0 Å². The highest BCUT2D eigenvalue weighted by molar-refractivity contribution is 9.10. The van der Waals surface area contributed by atoms with Crippen molar-refractivity contribution in [3.05, 3.63) is 27.7 Å². The van der Waals surface area contributed by atoms with Gasteiger partial charge in [-0.3, -0.25) is 4.79 Å². The molecule has 3 N–H and O–H groups in total. The van der Waals surface area contributed by atoms with Gasteiger partial charge in [-0.2, -0.15) is 0 Å². The molecule has 1 atom stereocenters. The SMILES string of the molecule is CCC1C(=O)Nc2c(Br)cc(CN)cc21. The first-order valence-corrected chi connectivity index (χ1v) is 5.80. The molecule has 1 aliphatic heterocycles. The zero-order valence-electron chi connectivity index (χ0n) is 8.51. The summed E-state index contributed by atoms with van der Waals surface area (Å²) in [7, 11) is 0. The Hall–Kier alpha value is -0.870. The van der Waals surface area contributed by atoms with Crippen LogP contribution in [-0.2, 0) is 11.3 Å². The molecule has 4 heteroatoms. The number of anilines is 1. The maximum absolute atomic E-state index is 11.7. The van der Waals surface area contributed by atoms with Crippen LogP contribution in [0.3, 0.4) is 0 Å². The number of nitrogens with one attached hydrogen (secondary N) is 1. The number of nitrogens with two attached hydrogens (primary N) is 1. The molecule has 1 heterocycles. The van der Waals surface area contributed by atoms with Crippen molar-refractivity contribution in [1.29, 1.82) is 0 Å². The second kappa shape index (κ2) is 3.94. The molecule has 0 spiro atoms. The first-order valence-electron chi connectivity index (χ1n) is 5.00. The van der Waals surface area contributed by atoms with Gasteiger partial charge in [0.2, 0.25) is 5.91 Å². The van der Waals surface area contributed by atoms with Gasteiger partial charge < -0.3 is 11.1 Å². The van der Waals surface area contributed by atoms with E-state index in [0.29, 0.717) is 6.54 Å². The van der Waals surface area contributed by atoms with Crippen LogP contribution >= 0.6 is 15.9 Å². The minimum atomic E-state index is -0.0252. The Morgan fingerprint density at radius 1 is 1.53 bits per heavy atom. The van der Waals surface area contributed by atoms with Gasteiger partial charge in [-0.05, 0) is 39.5 Å². The van der Waals surface area contributed by atoms with Gasteiger partial charge in [0.1, 0.15) is 0 Å². The van der Waals surface area contributed by atoms with E-state index >= 15 is 0 Å². The van der Waals surface area contributed by atoms with Crippen molar-refractivity contribution in [2.24, 2.45) is 5.73 Å². The average Bonchev–Trinajstić information content (AvgIpc) is 2.54. The van der Waals surface area contributed by atoms with E-state index in [0.717, 1.165) is 27.7 Å². The van der Waals surface area contributed by atoms with E-state index < -0.39 is 0 Å². The quantitative estimate of drug-likeness (QED) is 0.865. The number of rotatable bonds is 2. The Morgan fingerprint density at radius 3 is 2.87 bits per heavy atom. The summed E-state index contributed by atoms with van der Waals surface area (Å²) in [5, 5.41) is 2.89. The maximum atomic E-state index is 11.7. The summed E-state index contributed by atoms with van der Waals surface area (Å²) < 4.78 is 0.921. The molecule has 0 bridgehead atoms. The predicted molar refractivity (Wildman–Crippen MR) is 63.7 cm³/mol. The predicted octanol–water partition coefficient (Wildman–Crippen LogP) is 2.35. The van der Waals surface area contributed by atoms with E-state index in [1.807, 2.05) is 19.1 Å². The number of halogens is 1. The van der Waals surface area contributed by atoms with E-state index in [2.05, 4.69) is 21.2 Å². The van der Waals surface area contributed by atoms with Gasteiger partial charge in [0.25, 0.3) is 0 Å². The molecule has 80 valence electrons. The smallest absolute Gasteiger partial charge is 0.232 e. The number of hydrogen-bond acceptors (Lipinski definition) is 2. The van der Waals surface area contributed by atoms with Crippen LogP contribution in [0.25, 0.3) is 0 Å². The molecular formula is C11H13BrN2O. The monoisotopic (exact) mass is 268 g/mol. The first-order chi connectivity index (χ1) is 7.17. The molecule has 15 heavy (non-hydrogen) atoms. The summed E-state index contributed by atoms with van der Waals surface area (Å²) >= 11 is 3.45. The van der Waals surface area contributed by atoms with Gasteiger partial charge in [-0.25, -0.2) is 0 Å². The number of fused-ring (bicyclic) bond motifs is 1. The Kier molecular flexibility index (Phi) is 2.80. The third-order valence-corrected chi connectivity index (χ3v) is 3.39. The molecule has 1 unspecified atom stereocenters. The first kappa shape index (κ1) is 10.6. The third-order valence-electron chi connectivity index (χ3n) is 2.76. The molecule has 1 amide bonds.